The molecule has 2 N–H and O–H groups in total. The zero-order valence-electron chi connectivity index (χ0n) is 13.8. The summed E-state index contributed by atoms with van der Waals surface area (Å²) in [6, 6.07) is 3.63. The molecular formula is C18H20N2O4S. The Morgan fingerprint density at radius 1 is 1.36 bits per heavy atom. The van der Waals surface area contributed by atoms with Crippen LogP contribution in [0.25, 0.3) is 0 Å². The minimum absolute atomic E-state index is 0.359. The Bertz CT molecular complexity index is 751. The predicted octanol–water partition coefficient (Wildman–Crippen LogP) is 2.43. The van der Waals surface area contributed by atoms with Crippen LogP contribution in [0.2, 0.25) is 0 Å². The molecule has 4 atom stereocenters. The van der Waals surface area contributed by atoms with Crippen molar-refractivity contribution in [3.05, 3.63) is 17.0 Å². The van der Waals surface area contributed by atoms with Crippen LogP contribution in [0.15, 0.2) is 11.4 Å². The van der Waals surface area contributed by atoms with E-state index in [0.29, 0.717) is 28.8 Å². The number of carbonyl (C=O) groups excluding carboxylic acids is 2. The van der Waals surface area contributed by atoms with Gasteiger partial charge in [-0.3, -0.25) is 9.59 Å². The fourth-order valence-electron chi connectivity index (χ4n) is 5.39. The van der Waals surface area contributed by atoms with Gasteiger partial charge in [0.2, 0.25) is 0 Å². The normalized spacial score (nSPS) is 35.2. The molecule has 4 aliphatic rings. The summed E-state index contributed by atoms with van der Waals surface area (Å²) in [5, 5.41) is 24.5. The van der Waals surface area contributed by atoms with Gasteiger partial charge in [0.05, 0.1) is 16.6 Å². The number of esters is 1. The maximum atomic E-state index is 12.7. The monoisotopic (exact) mass is 360 g/mol. The molecule has 0 saturated heterocycles. The van der Waals surface area contributed by atoms with E-state index in [1.54, 1.807) is 11.4 Å². The summed E-state index contributed by atoms with van der Waals surface area (Å²) < 4.78 is 5.32. The number of amides is 1. The van der Waals surface area contributed by atoms with Gasteiger partial charge < -0.3 is 15.2 Å². The first-order valence-electron chi connectivity index (χ1n) is 8.58. The van der Waals surface area contributed by atoms with Gasteiger partial charge in [-0.15, -0.1) is 11.3 Å². The topological polar surface area (TPSA) is 99.4 Å². The van der Waals surface area contributed by atoms with Crippen molar-refractivity contribution in [1.29, 1.82) is 5.26 Å². The number of nitrogens with zero attached hydrogens (tertiary/aromatic N) is 1. The highest BCUT2D eigenvalue weighted by atomic mass is 32.1. The van der Waals surface area contributed by atoms with Crippen molar-refractivity contribution in [1.82, 2.24) is 0 Å². The number of ether oxygens (including phenoxy) is 1. The van der Waals surface area contributed by atoms with E-state index in [1.807, 2.05) is 6.07 Å². The van der Waals surface area contributed by atoms with Crippen molar-refractivity contribution in [3.63, 3.8) is 0 Å². The Hall–Kier alpha value is -1.91. The summed E-state index contributed by atoms with van der Waals surface area (Å²) in [5.41, 5.74) is -0.961. The molecule has 6 nitrogen and oxygen atoms in total. The molecule has 1 heterocycles. The van der Waals surface area contributed by atoms with E-state index in [0.717, 1.165) is 32.1 Å². The second-order valence-corrected chi connectivity index (χ2v) is 8.78. The fourth-order valence-corrected chi connectivity index (χ4v) is 6.15. The van der Waals surface area contributed by atoms with Crippen LogP contribution < -0.4 is 5.32 Å². The van der Waals surface area contributed by atoms with Crippen molar-refractivity contribution in [2.75, 3.05) is 11.9 Å². The highest BCUT2D eigenvalue weighted by Crippen LogP contribution is 2.61. The van der Waals surface area contributed by atoms with E-state index >= 15 is 0 Å². The van der Waals surface area contributed by atoms with Crippen LogP contribution in [0.1, 0.15) is 44.1 Å². The molecule has 1 aromatic heterocycles. The van der Waals surface area contributed by atoms with Crippen molar-refractivity contribution < 1.29 is 19.4 Å². The van der Waals surface area contributed by atoms with Crippen molar-refractivity contribution in [2.45, 2.75) is 44.1 Å². The largest absolute Gasteiger partial charge is 0.455 e. The molecule has 1 aromatic rings. The zero-order chi connectivity index (χ0) is 17.7. The molecule has 4 aliphatic carbocycles. The average molecular weight is 360 g/mol. The van der Waals surface area contributed by atoms with Gasteiger partial charge in [0, 0.05) is 0 Å². The van der Waals surface area contributed by atoms with Crippen LogP contribution >= 0.6 is 11.3 Å². The lowest BCUT2D eigenvalue weighted by atomic mass is 9.48. The van der Waals surface area contributed by atoms with Crippen LogP contribution in [0, 0.1) is 28.6 Å². The molecular weight excluding hydrogens is 340 g/mol. The Kier molecular flexibility index (Phi) is 3.85. The first kappa shape index (κ1) is 16.6. The van der Waals surface area contributed by atoms with Crippen LogP contribution in [-0.2, 0) is 14.3 Å². The Morgan fingerprint density at radius 2 is 2.08 bits per heavy atom. The molecule has 4 saturated carbocycles. The van der Waals surface area contributed by atoms with Gasteiger partial charge in [-0.1, -0.05) is 0 Å². The van der Waals surface area contributed by atoms with Gasteiger partial charge >= 0.3 is 5.97 Å². The first-order chi connectivity index (χ1) is 11.9. The maximum absolute atomic E-state index is 12.7. The maximum Gasteiger partial charge on any atom is 0.312 e. The molecule has 0 aromatic carbocycles. The van der Waals surface area contributed by atoms with Gasteiger partial charge in [0.15, 0.2) is 6.61 Å². The number of rotatable bonds is 4. The Morgan fingerprint density at radius 3 is 2.72 bits per heavy atom. The first-order valence-corrected chi connectivity index (χ1v) is 9.46. The third kappa shape index (κ3) is 2.94. The molecule has 4 bridgehead atoms. The zero-order valence-corrected chi connectivity index (χ0v) is 14.6. The van der Waals surface area contributed by atoms with E-state index < -0.39 is 16.9 Å². The molecule has 0 aliphatic heterocycles. The standard InChI is InChI=1S/C18H20N2O4S/c19-8-13-1-2-25-15(13)20-14(21)9-24-16(22)17-4-11-3-12(5-17)7-18(23,6-11)10-17/h1-2,11-12,23H,3-7,9-10H2,(H,20,21)/t11-,12+,17?,18?. The number of aliphatic hydroxyl groups is 1. The van der Waals surface area contributed by atoms with Crippen LogP contribution in [0.4, 0.5) is 5.00 Å². The number of hydrogen-bond donors (Lipinski definition) is 2. The molecule has 7 heteroatoms. The highest BCUT2D eigenvalue weighted by Gasteiger charge is 2.60. The van der Waals surface area contributed by atoms with Gasteiger partial charge in [-0.2, -0.15) is 5.26 Å². The lowest BCUT2D eigenvalue weighted by Crippen LogP contribution is -2.58. The van der Waals surface area contributed by atoms with Gasteiger partial charge in [0.25, 0.3) is 5.91 Å². The van der Waals surface area contributed by atoms with E-state index in [1.165, 1.54) is 11.3 Å². The minimum Gasteiger partial charge on any atom is -0.455 e. The fraction of sp³-hybridized carbons (Fsp3) is 0.611. The third-order valence-corrected chi connectivity index (χ3v) is 6.67. The lowest BCUT2D eigenvalue weighted by molar-refractivity contribution is -0.196. The van der Waals surface area contributed by atoms with Crippen LogP contribution in [0.3, 0.4) is 0 Å². The molecule has 4 fully saturated rings. The van der Waals surface area contributed by atoms with E-state index in [4.69, 9.17) is 10.00 Å². The number of carbonyl (C=O) groups is 2. The second-order valence-electron chi connectivity index (χ2n) is 7.87. The smallest absolute Gasteiger partial charge is 0.312 e. The average Bonchev–Trinajstić information content (AvgIpc) is 2.97. The molecule has 5 rings (SSSR count). The minimum atomic E-state index is -0.732. The summed E-state index contributed by atoms with van der Waals surface area (Å²) in [5.74, 6) is -0.0357. The summed E-state index contributed by atoms with van der Waals surface area (Å²) in [7, 11) is 0. The molecule has 0 radical (unpaired) electrons. The van der Waals surface area contributed by atoms with E-state index in [9.17, 15) is 14.7 Å². The van der Waals surface area contributed by atoms with Gasteiger partial charge in [-0.05, 0) is 61.8 Å². The Balaban J connectivity index is 1.38. The number of thiophene rings is 1. The summed E-state index contributed by atoms with van der Waals surface area (Å²) in [6.45, 7) is -0.364. The summed E-state index contributed by atoms with van der Waals surface area (Å²) in [6.07, 6.45) is 4.64. The molecule has 2 unspecified atom stereocenters. The number of anilines is 1. The highest BCUT2D eigenvalue weighted by molar-refractivity contribution is 7.14. The molecule has 132 valence electrons. The van der Waals surface area contributed by atoms with Crippen molar-refractivity contribution in [3.8, 4) is 6.07 Å². The van der Waals surface area contributed by atoms with E-state index in [2.05, 4.69) is 5.32 Å². The van der Waals surface area contributed by atoms with Gasteiger partial charge in [0.1, 0.15) is 11.1 Å². The predicted molar refractivity (Wildman–Crippen MR) is 90.7 cm³/mol. The van der Waals surface area contributed by atoms with Crippen molar-refractivity contribution in [2.24, 2.45) is 17.3 Å². The number of nitriles is 1. The Labute approximate surface area is 149 Å². The second kappa shape index (κ2) is 5.82. The summed E-state index contributed by atoms with van der Waals surface area (Å²) in [4.78, 5) is 24.7. The van der Waals surface area contributed by atoms with E-state index in [-0.39, 0.29) is 12.6 Å². The molecule has 25 heavy (non-hydrogen) atoms. The molecule has 0 spiro atoms. The molecule has 1 amide bonds. The van der Waals surface area contributed by atoms with Crippen LogP contribution in [-0.4, -0.2) is 29.2 Å². The van der Waals surface area contributed by atoms with Crippen molar-refractivity contribution >= 4 is 28.2 Å². The van der Waals surface area contributed by atoms with Crippen LogP contribution in [0.5, 0.6) is 0 Å². The lowest BCUT2D eigenvalue weighted by Gasteiger charge is -2.58. The number of nitrogens with one attached hydrogen (secondary N) is 1. The number of hydrogen-bond acceptors (Lipinski definition) is 6. The van der Waals surface area contributed by atoms with Gasteiger partial charge in [-0.25, -0.2) is 0 Å². The third-order valence-electron chi connectivity index (χ3n) is 5.84. The summed E-state index contributed by atoms with van der Waals surface area (Å²) >= 11 is 1.26. The quantitative estimate of drug-likeness (QED) is 0.804. The SMILES string of the molecule is N#Cc1ccsc1NC(=O)COC(=O)C12C[C@@H]3C[C@@H](CC(O)(C3)C1)C2.